The molecule has 1 fully saturated rings. The van der Waals surface area contributed by atoms with E-state index in [-0.39, 0.29) is 18.2 Å². The van der Waals surface area contributed by atoms with E-state index in [2.05, 4.69) is 31.3 Å². The van der Waals surface area contributed by atoms with Gasteiger partial charge >= 0.3 is 6.09 Å². The molecule has 2 atom stereocenters. The van der Waals surface area contributed by atoms with E-state index in [9.17, 15) is 4.79 Å². The molecule has 1 aliphatic heterocycles. The molecule has 1 aromatic rings. The highest BCUT2D eigenvalue weighted by molar-refractivity contribution is 5.68. The van der Waals surface area contributed by atoms with Crippen molar-refractivity contribution in [3.05, 3.63) is 35.9 Å². The fourth-order valence-corrected chi connectivity index (χ4v) is 3.43. The molecule has 1 saturated heterocycles. The molecule has 166 valence electrons. The van der Waals surface area contributed by atoms with E-state index >= 15 is 0 Å². The molecule has 0 aromatic heterocycles. The highest BCUT2D eigenvalue weighted by Crippen LogP contribution is 2.17. The Morgan fingerprint density at radius 1 is 1.17 bits per heavy atom. The predicted octanol–water partition coefficient (Wildman–Crippen LogP) is 5.39. The number of nitrogens with one attached hydrogen (secondary N) is 1. The lowest BCUT2D eigenvalue weighted by molar-refractivity contribution is 0.00688. The second-order valence-electron chi connectivity index (χ2n) is 8.44. The maximum absolute atomic E-state index is 12.2. The third-order valence-corrected chi connectivity index (χ3v) is 4.91. The van der Waals surface area contributed by atoms with Crippen LogP contribution in [0, 0.1) is 0 Å². The van der Waals surface area contributed by atoms with Gasteiger partial charge in [0.2, 0.25) is 0 Å². The van der Waals surface area contributed by atoms with Gasteiger partial charge in [0.1, 0.15) is 5.60 Å². The zero-order chi connectivity index (χ0) is 21.9. The number of carbonyl (C=O) groups excluding carboxylic acids is 1. The van der Waals surface area contributed by atoms with Gasteiger partial charge in [-0.05, 0) is 52.5 Å². The predicted molar refractivity (Wildman–Crippen MR) is 120 cm³/mol. The van der Waals surface area contributed by atoms with E-state index in [1.54, 1.807) is 0 Å². The molecule has 2 unspecified atom stereocenters. The second-order valence-corrected chi connectivity index (χ2v) is 8.44. The summed E-state index contributed by atoms with van der Waals surface area (Å²) in [4.78, 5) is 14.0. The maximum Gasteiger partial charge on any atom is 0.410 e. The number of benzene rings is 1. The third-order valence-electron chi connectivity index (χ3n) is 4.91. The highest BCUT2D eigenvalue weighted by atomic mass is 16.6. The standard InChI is InChI=1S/C22H36N2O3.C2H6/c1-6-20(26-16-18-10-8-7-9-11-18)17(2)23-19-12-14-24(15-13-19)21(25)27-22(3,4)5;1-2/h7-11,17,19-20,23H,6,12-16H2,1-5H3;1-2H3. The summed E-state index contributed by atoms with van der Waals surface area (Å²) in [6.07, 6.45) is 2.83. The summed E-state index contributed by atoms with van der Waals surface area (Å²) in [7, 11) is 0. The molecule has 0 saturated carbocycles. The molecular weight excluding hydrogens is 364 g/mol. The summed E-state index contributed by atoms with van der Waals surface area (Å²) < 4.78 is 11.6. The molecule has 0 spiro atoms. The van der Waals surface area contributed by atoms with Gasteiger partial charge in [-0.2, -0.15) is 0 Å². The zero-order valence-corrected chi connectivity index (χ0v) is 19.5. The van der Waals surface area contributed by atoms with Crippen LogP contribution in [0.1, 0.15) is 73.3 Å². The van der Waals surface area contributed by atoms with E-state index in [0.29, 0.717) is 12.6 Å². The van der Waals surface area contributed by atoms with Crippen molar-refractivity contribution >= 4 is 6.09 Å². The number of hydrogen-bond donors (Lipinski definition) is 1. The largest absolute Gasteiger partial charge is 0.444 e. The quantitative estimate of drug-likeness (QED) is 0.660. The van der Waals surface area contributed by atoms with Crippen LogP contribution in [0.25, 0.3) is 0 Å². The van der Waals surface area contributed by atoms with Crippen molar-refractivity contribution < 1.29 is 14.3 Å². The summed E-state index contributed by atoms with van der Waals surface area (Å²) in [5.74, 6) is 0. The van der Waals surface area contributed by atoms with Crippen molar-refractivity contribution in [2.24, 2.45) is 0 Å². The molecule has 0 bridgehead atoms. The Morgan fingerprint density at radius 3 is 2.28 bits per heavy atom. The molecule has 0 radical (unpaired) electrons. The number of rotatable bonds is 7. The van der Waals surface area contributed by atoms with Crippen molar-refractivity contribution in [1.82, 2.24) is 10.2 Å². The van der Waals surface area contributed by atoms with Gasteiger partial charge < -0.3 is 19.7 Å². The van der Waals surface area contributed by atoms with Gasteiger partial charge in [0.25, 0.3) is 0 Å². The minimum atomic E-state index is -0.439. The number of carbonyl (C=O) groups is 1. The zero-order valence-electron chi connectivity index (χ0n) is 19.5. The molecule has 1 amide bonds. The average Bonchev–Trinajstić information content (AvgIpc) is 2.70. The number of piperidine rings is 1. The van der Waals surface area contributed by atoms with E-state index in [0.717, 1.165) is 32.4 Å². The van der Waals surface area contributed by atoms with Crippen molar-refractivity contribution in [3.8, 4) is 0 Å². The minimum Gasteiger partial charge on any atom is -0.444 e. The van der Waals surface area contributed by atoms with Crippen LogP contribution >= 0.6 is 0 Å². The lowest BCUT2D eigenvalue weighted by atomic mass is 10.0. The Labute approximate surface area is 178 Å². The SMILES string of the molecule is CC.CCC(OCc1ccccc1)C(C)NC1CCN(C(=O)OC(C)(C)C)CC1. The van der Waals surface area contributed by atoms with Gasteiger partial charge in [-0.1, -0.05) is 51.1 Å². The van der Waals surface area contributed by atoms with Gasteiger partial charge in [-0.15, -0.1) is 0 Å². The fourth-order valence-electron chi connectivity index (χ4n) is 3.43. The molecule has 1 aliphatic rings. The van der Waals surface area contributed by atoms with Crippen LogP contribution in [0.3, 0.4) is 0 Å². The summed E-state index contributed by atoms with van der Waals surface area (Å²) in [6.45, 7) is 16.2. The molecule has 5 heteroatoms. The van der Waals surface area contributed by atoms with Gasteiger partial charge in [-0.25, -0.2) is 4.79 Å². The second kappa shape index (κ2) is 12.9. The smallest absolute Gasteiger partial charge is 0.410 e. The molecule has 0 aliphatic carbocycles. The monoisotopic (exact) mass is 406 g/mol. The molecule has 5 nitrogen and oxygen atoms in total. The fraction of sp³-hybridized carbons (Fsp3) is 0.708. The molecule has 1 N–H and O–H groups in total. The summed E-state index contributed by atoms with van der Waals surface area (Å²) >= 11 is 0. The first-order valence-electron chi connectivity index (χ1n) is 11.2. The number of ether oxygens (including phenoxy) is 2. The maximum atomic E-state index is 12.2. The minimum absolute atomic E-state index is 0.175. The van der Waals surface area contributed by atoms with Crippen molar-refractivity contribution in [2.45, 2.75) is 98.1 Å². The van der Waals surface area contributed by atoms with Crippen LogP contribution in [-0.4, -0.2) is 47.9 Å². The lowest BCUT2D eigenvalue weighted by Gasteiger charge is -2.36. The Kier molecular flexibility index (Phi) is 11.3. The van der Waals surface area contributed by atoms with Crippen molar-refractivity contribution in [1.29, 1.82) is 0 Å². The molecular formula is C24H42N2O3. The summed E-state index contributed by atoms with van der Waals surface area (Å²) in [5, 5.41) is 3.71. The van der Waals surface area contributed by atoms with E-state index in [1.807, 2.05) is 57.7 Å². The topological polar surface area (TPSA) is 50.8 Å². The Bertz CT molecular complexity index is 563. The molecule has 2 rings (SSSR count). The number of hydrogen-bond acceptors (Lipinski definition) is 4. The van der Waals surface area contributed by atoms with Gasteiger partial charge in [-0.3, -0.25) is 0 Å². The lowest BCUT2D eigenvalue weighted by Crippen LogP contribution is -2.50. The Morgan fingerprint density at radius 2 is 1.76 bits per heavy atom. The van der Waals surface area contributed by atoms with Crippen molar-refractivity contribution in [2.75, 3.05) is 13.1 Å². The number of likely N-dealkylation sites (tertiary alicyclic amines) is 1. The normalized spacial score (nSPS) is 17.1. The van der Waals surface area contributed by atoms with Crippen LogP contribution < -0.4 is 5.32 Å². The Hall–Kier alpha value is -1.59. The summed E-state index contributed by atoms with van der Waals surface area (Å²) in [5.41, 5.74) is 0.763. The van der Waals surface area contributed by atoms with Crippen LogP contribution in [-0.2, 0) is 16.1 Å². The van der Waals surface area contributed by atoms with Crippen LogP contribution in [0.5, 0.6) is 0 Å². The van der Waals surface area contributed by atoms with E-state index < -0.39 is 5.60 Å². The number of amides is 1. The first-order chi connectivity index (χ1) is 13.8. The van der Waals surface area contributed by atoms with Crippen molar-refractivity contribution in [3.63, 3.8) is 0 Å². The van der Waals surface area contributed by atoms with E-state index in [1.165, 1.54) is 5.56 Å². The average molecular weight is 407 g/mol. The van der Waals surface area contributed by atoms with Gasteiger partial charge in [0.05, 0.1) is 12.7 Å². The first kappa shape index (κ1) is 25.4. The third kappa shape index (κ3) is 9.64. The highest BCUT2D eigenvalue weighted by Gasteiger charge is 2.28. The first-order valence-corrected chi connectivity index (χ1v) is 11.2. The molecule has 1 heterocycles. The van der Waals surface area contributed by atoms with Crippen LogP contribution in [0.4, 0.5) is 4.79 Å². The molecule has 29 heavy (non-hydrogen) atoms. The summed E-state index contributed by atoms with van der Waals surface area (Å²) in [6, 6.07) is 11.0. The Balaban J connectivity index is 0.00000204. The molecule has 1 aromatic carbocycles. The van der Waals surface area contributed by atoms with Gasteiger partial charge in [0.15, 0.2) is 0 Å². The number of nitrogens with zero attached hydrogens (tertiary/aromatic N) is 1. The van der Waals surface area contributed by atoms with Crippen LogP contribution in [0.15, 0.2) is 30.3 Å². The van der Waals surface area contributed by atoms with E-state index in [4.69, 9.17) is 9.47 Å². The van der Waals surface area contributed by atoms with Crippen LogP contribution in [0.2, 0.25) is 0 Å². The van der Waals surface area contributed by atoms with Gasteiger partial charge in [0, 0.05) is 25.2 Å².